The van der Waals surface area contributed by atoms with Gasteiger partial charge in [0.25, 0.3) is 0 Å². The van der Waals surface area contributed by atoms with Gasteiger partial charge in [-0.1, -0.05) is 0 Å². The molecule has 0 bridgehead atoms. The number of carbonyl (C=O) groups excluding carboxylic acids is 1. The fraction of sp³-hybridized carbons (Fsp3) is 0.538. The van der Waals surface area contributed by atoms with E-state index in [-0.39, 0.29) is 23.5 Å². The monoisotopic (exact) mass is 310 g/mol. The molecular weight excluding hydrogens is 292 g/mol. The van der Waals surface area contributed by atoms with E-state index in [1.165, 1.54) is 0 Å². The average Bonchev–Trinajstić information content (AvgIpc) is 2.48. The van der Waals surface area contributed by atoms with E-state index in [4.69, 9.17) is 5.11 Å². The van der Waals surface area contributed by atoms with Gasteiger partial charge >= 0.3 is 5.97 Å². The summed E-state index contributed by atoms with van der Waals surface area (Å²) >= 11 is 1.11. The lowest BCUT2D eigenvalue weighted by Gasteiger charge is -2.33. The number of aliphatic carboxylic acids is 1. The van der Waals surface area contributed by atoms with Crippen LogP contribution < -0.4 is 10.2 Å². The van der Waals surface area contributed by atoms with E-state index < -0.39 is 5.97 Å². The maximum atomic E-state index is 11.8. The quantitative estimate of drug-likeness (QED) is 0.784. The second kappa shape index (κ2) is 7.82. The number of carboxylic acids is 1. The van der Waals surface area contributed by atoms with Gasteiger partial charge in [0.05, 0.1) is 11.5 Å². The predicted octanol–water partition coefficient (Wildman–Crippen LogP) is 0.379. The lowest BCUT2D eigenvalue weighted by molar-refractivity contribution is -0.133. The van der Waals surface area contributed by atoms with Gasteiger partial charge in [0.15, 0.2) is 0 Å². The Balaban J connectivity index is 1.79. The van der Waals surface area contributed by atoms with Crippen molar-refractivity contribution in [1.29, 1.82) is 0 Å². The normalized spacial score (nSPS) is 18.3. The molecule has 21 heavy (non-hydrogen) atoms. The minimum absolute atomic E-state index is 0.0535. The highest BCUT2D eigenvalue weighted by molar-refractivity contribution is 8.00. The lowest BCUT2D eigenvalue weighted by atomic mass is 10.1. The third-order valence-electron chi connectivity index (χ3n) is 3.08. The van der Waals surface area contributed by atoms with Crippen molar-refractivity contribution in [1.82, 2.24) is 15.3 Å². The number of thioether (sulfide) groups is 1. The Morgan fingerprint density at radius 2 is 2.14 bits per heavy atom. The first-order valence-electron chi connectivity index (χ1n) is 6.76. The van der Waals surface area contributed by atoms with Crippen molar-refractivity contribution in [3.05, 3.63) is 18.5 Å². The molecule has 1 amide bonds. The van der Waals surface area contributed by atoms with Crippen LogP contribution in [0.15, 0.2) is 18.5 Å². The molecule has 1 atom stereocenters. The van der Waals surface area contributed by atoms with Gasteiger partial charge in [0.2, 0.25) is 11.9 Å². The molecule has 1 aromatic rings. The Hall–Kier alpha value is -1.83. The van der Waals surface area contributed by atoms with Gasteiger partial charge in [-0.3, -0.25) is 9.59 Å². The first kappa shape index (κ1) is 15.6. The van der Waals surface area contributed by atoms with Gasteiger partial charge in [-0.2, -0.15) is 0 Å². The van der Waals surface area contributed by atoms with Crippen LogP contribution in [-0.2, 0) is 9.59 Å². The van der Waals surface area contributed by atoms with Crippen molar-refractivity contribution in [2.45, 2.75) is 18.9 Å². The minimum atomic E-state index is -0.905. The minimum Gasteiger partial charge on any atom is -0.481 e. The van der Waals surface area contributed by atoms with Crippen LogP contribution in [0.2, 0.25) is 0 Å². The second-order valence-corrected chi connectivity index (χ2v) is 5.77. The molecule has 2 heterocycles. The second-order valence-electron chi connectivity index (χ2n) is 4.79. The number of carbonyl (C=O) groups is 2. The van der Waals surface area contributed by atoms with Crippen molar-refractivity contribution in [3.8, 4) is 0 Å². The van der Waals surface area contributed by atoms with Crippen LogP contribution in [0.4, 0.5) is 5.95 Å². The molecule has 1 aliphatic rings. The largest absolute Gasteiger partial charge is 0.481 e. The standard InChI is InChI=1S/C13H18N4O3S/c18-11(8-21-9-12(19)20)16-10-3-1-6-17(7-10)13-14-4-2-5-15-13/h2,4-5,10H,1,3,6-9H2,(H,16,18)(H,19,20). The van der Waals surface area contributed by atoms with Crippen molar-refractivity contribution >= 4 is 29.6 Å². The third kappa shape index (κ3) is 5.22. The number of amides is 1. The molecule has 0 spiro atoms. The number of carboxylic acid groups (broad SMARTS) is 1. The number of nitrogens with zero attached hydrogens (tertiary/aromatic N) is 3. The zero-order chi connectivity index (χ0) is 15.1. The van der Waals surface area contributed by atoms with Crippen molar-refractivity contribution in [2.75, 3.05) is 29.5 Å². The van der Waals surface area contributed by atoms with E-state index in [0.29, 0.717) is 12.5 Å². The molecule has 114 valence electrons. The van der Waals surface area contributed by atoms with Crippen LogP contribution in [0.1, 0.15) is 12.8 Å². The van der Waals surface area contributed by atoms with Gasteiger partial charge in [-0.25, -0.2) is 9.97 Å². The van der Waals surface area contributed by atoms with Gasteiger partial charge in [0, 0.05) is 31.5 Å². The highest BCUT2D eigenvalue weighted by atomic mass is 32.2. The van der Waals surface area contributed by atoms with Gasteiger partial charge in [0.1, 0.15) is 0 Å². The summed E-state index contributed by atoms with van der Waals surface area (Å²) in [6.07, 6.45) is 5.28. The number of aromatic nitrogens is 2. The molecule has 0 saturated carbocycles. The number of nitrogens with one attached hydrogen (secondary N) is 1. The predicted molar refractivity (Wildman–Crippen MR) is 80.4 cm³/mol. The molecule has 8 heteroatoms. The van der Waals surface area contributed by atoms with Crippen molar-refractivity contribution < 1.29 is 14.7 Å². The molecule has 1 unspecified atom stereocenters. The fourth-order valence-corrected chi connectivity index (χ4v) is 2.78. The highest BCUT2D eigenvalue weighted by Crippen LogP contribution is 2.15. The molecular formula is C13H18N4O3S. The van der Waals surface area contributed by atoms with E-state index in [1.807, 2.05) is 0 Å². The summed E-state index contributed by atoms with van der Waals surface area (Å²) in [7, 11) is 0. The van der Waals surface area contributed by atoms with Crippen LogP contribution in [-0.4, -0.2) is 57.6 Å². The number of rotatable bonds is 6. The van der Waals surface area contributed by atoms with Crippen LogP contribution in [0.5, 0.6) is 0 Å². The zero-order valence-corrected chi connectivity index (χ0v) is 12.4. The maximum Gasteiger partial charge on any atom is 0.313 e. The highest BCUT2D eigenvalue weighted by Gasteiger charge is 2.22. The molecule has 1 aliphatic heterocycles. The van der Waals surface area contributed by atoms with Crippen LogP contribution >= 0.6 is 11.8 Å². The SMILES string of the molecule is O=C(O)CSCC(=O)NC1CCCN(c2ncccn2)C1. The summed E-state index contributed by atoms with van der Waals surface area (Å²) in [6, 6.07) is 1.83. The summed E-state index contributed by atoms with van der Waals surface area (Å²) in [5.74, 6) is -0.233. The molecule has 0 aliphatic carbocycles. The van der Waals surface area contributed by atoms with E-state index in [2.05, 4.69) is 20.2 Å². The summed E-state index contributed by atoms with van der Waals surface area (Å²) in [6.45, 7) is 1.56. The first-order valence-corrected chi connectivity index (χ1v) is 7.91. The average molecular weight is 310 g/mol. The molecule has 2 rings (SSSR count). The Kier molecular flexibility index (Phi) is 5.79. The molecule has 2 N–H and O–H groups in total. The molecule has 1 saturated heterocycles. The van der Waals surface area contributed by atoms with Crippen LogP contribution in [0.3, 0.4) is 0 Å². The topological polar surface area (TPSA) is 95.4 Å². The Labute approximate surface area is 127 Å². The Bertz CT molecular complexity index is 486. The number of anilines is 1. The van der Waals surface area contributed by atoms with Crippen LogP contribution in [0.25, 0.3) is 0 Å². The molecule has 0 aromatic carbocycles. The third-order valence-corrected chi connectivity index (χ3v) is 4.00. The number of piperidine rings is 1. The lowest BCUT2D eigenvalue weighted by Crippen LogP contribution is -2.48. The Morgan fingerprint density at radius 3 is 2.86 bits per heavy atom. The first-order chi connectivity index (χ1) is 10.1. The molecule has 7 nitrogen and oxygen atoms in total. The summed E-state index contributed by atoms with van der Waals surface area (Å²) in [4.78, 5) is 32.6. The maximum absolute atomic E-state index is 11.8. The van der Waals surface area contributed by atoms with Gasteiger partial charge < -0.3 is 15.3 Å². The van der Waals surface area contributed by atoms with E-state index in [9.17, 15) is 9.59 Å². The number of hydrogen-bond donors (Lipinski definition) is 2. The molecule has 0 radical (unpaired) electrons. The summed E-state index contributed by atoms with van der Waals surface area (Å²) in [5, 5.41) is 11.5. The fourth-order valence-electron chi connectivity index (χ4n) is 2.23. The molecule has 1 fully saturated rings. The van der Waals surface area contributed by atoms with Gasteiger partial charge in [-0.05, 0) is 18.9 Å². The van der Waals surface area contributed by atoms with Crippen molar-refractivity contribution in [3.63, 3.8) is 0 Å². The number of hydrogen-bond acceptors (Lipinski definition) is 6. The van der Waals surface area contributed by atoms with E-state index in [1.54, 1.807) is 18.5 Å². The smallest absolute Gasteiger partial charge is 0.313 e. The van der Waals surface area contributed by atoms with Crippen LogP contribution in [0, 0.1) is 0 Å². The van der Waals surface area contributed by atoms with Crippen molar-refractivity contribution in [2.24, 2.45) is 0 Å². The zero-order valence-electron chi connectivity index (χ0n) is 11.6. The molecule has 1 aromatic heterocycles. The Morgan fingerprint density at radius 1 is 1.38 bits per heavy atom. The van der Waals surface area contributed by atoms with Gasteiger partial charge in [-0.15, -0.1) is 11.8 Å². The summed E-state index contributed by atoms with van der Waals surface area (Å²) < 4.78 is 0. The van der Waals surface area contributed by atoms with E-state index in [0.717, 1.165) is 31.1 Å². The summed E-state index contributed by atoms with van der Waals surface area (Å²) in [5.41, 5.74) is 0. The van der Waals surface area contributed by atoms with E-state index >= 15 is 0 Å².